The molecule has 0 aliphatic rings. The average molecular weight is 454 g/mol. The van der Waals surface area contributed by atoms with Crippen LogP contribution in [0.1, 0.15) is 17.0 Å². The Bertz CT molecular complexity index is 1290. The number of rotatable bonds is 5. The molecule has 3 aromatic carbocycles. The number of ether oxygens (including phenoxy) is 1. The van der Waals surface area contributed by atoms with E-state index in [2.05, 4.69) is 11.2 Å². The summed E-state index contributed by atoms with van der Waals surface area (Å²) in [6.45, 7) is -0.141. The smallest absolute Gasteiger partial charge is 0.435 e. The summed E-state index contributed by atoms with van der Waals surface area (Å²) in [6, 6.07) is 23.8. The molecule has 0 N–H and O–H groups in total. The molecule has 4 aromatic rings. The lowest BCUT2D eigenvalue weighted by atomic mass is 10.0. The first-order chi connectivity index (χ1) is 15.3. The van der Waals surface area contributed by atoms with Crippen LogP contribution in [0.5, 0.6) is 5.75 Å². The maximum atomic E-state index is 13.3. The number of nitriles is 1. The van der Waals surface area contributed by atoms with Crippen molar-refractivity contribution in [1.29, 1.82) is 5.26 Å². The molecule has 1 aromatic heterocycles. The van der Waals surface area contributed by atoms with Gasteiger partial charge in [0.2, 0.25) is 0 Å². The van der Waals surface area contributed by atoms with Crippen LogP contribution in [-0.4, -0.2) is 9.78 Å². The summed E-state index contributed by atoms with van der Waals surface area (Å²) < 4.78 is 46.6. The fourth-order valence-electron chi connectivity index (χ4n) is 3.16. The Hall–Kier alpha value is -3.76. The number of aromatic nitrogens is 2. The number of hydrogen-bond acceptors (Lipinski definition) is 3. The molecule has 4 nitrogen and oxygen atoms in total. The fourth-order valence-corrected chi connectivity index (χ4v) is 3.38. The van der Waals surface area contributed by atoms with Gasteiger partial charge in [0.15, 0.2) is 5.69 Å². The van der Waals surface area contributed by atoms with Gasteiger partial charge in [0.1, 0.15) is 12.4 Å². The van der Waals surface area contributed by atoms with Crippen LogP contribution in [0.25, 0.3) is 16.8 Å². The summed E-state index contributed by atoms with van der Waals surface area (Å²) >= 11 is 6.17. The Morgan fingerprint density at radius 2 is 1.69 bits per heavy atom. The van der Waals surface area contributed by atoms with Crippen molar-refractivity contribution in [3.8, 4) is 28.6 Å². The largest absolute Gasteiger partial charge is 0.487 e. The first kappa shape index (κ1) is 21.5. The zero-order valence-electron chi connectivity index (χ0n) is 16.5. The lowest BCUT2D eigenvalue weighted by molar-refractivity contribution is -0.141. The van der Waals surface area contributed by atoms with Crippen molar-refractivity contribution in [2.45, 2.75) is 12.8 Å². The number of hydrogen-bond donors (Lipinski definition) is 0. The van der Waals surface area contributed by atoms with Gasteiger partial charge in [0, 0.05) is 0 Å². The Morgan fingerprint density at radius 3 is 2.38 bits per heavy atom. The summed E-state index contributed by atoms with van der Waals surface area (Å²) in [5.41, 5.74) is 1.82. The second-order valence-corrected chi connectivity index (χ2v) is 7.29. The van der Waals surface area contributed by atoms with E-state index in [0.29, 0.717) is 17.0 Å². The van der Waals surface area contributed by atoms with Crippen LogP contribution in [-0.2, 0) is 12.8 Å². The minimum Gasteiger partial charge on any atom is -0.487 e. The molecule has 0 aliphatic heterocycles. The van der Waals surface area contributed by atoms with Gasteiger partial charge in [0.05, 0.1) is 28.0 Å². The van der Waals surface area contributed by atoms with Crippen molar-refractivity contribution in [2.24, 2.45) is 0 Å². The highest BCUT2D eigenvalue weighted by Crippen LogP contribution is 2.31. The van der Waals surface area contributed by atoms with Crippen molar-refractivity contribution in [1.82, 2.24) is 9.78 Å². The molecule has 0 aliphatic carbocycles. The molecule has 0 unspecified atom stereocenters. The molecule has 0 radical (unpaired) electrons. The zero-order chi connectivity index (χ0) is 22.7. The Kier molecular flexibility index (Phi) is 5.89. The Morgan fingerprint density at radius 1 is 0.938 bits per heavy atom. The second-order valence-electron chi connectivity index (χ2n) is 6.89. The molecule has 0 saturated carbocycles. The monoisotopic (exact) mass is 453 g/mol. The molecule has 8 heteroatoms. The van der Waals surface area contributed by atoms with Gasteiger partial charge in [-0.3, -0.25) is 0 Å². The fraction of sp³-hybridized carbons (Fsp3) is 0.0833. The summed E-state index contributed by atoms with van der Waals surface area (Å²) in [5, 5.41) is 13.0. The highest BCUT2D eigenvalue weighted by Gasteiger charge is 2.35. The van der Waals surface area contributed by atoms with E-state index in [1.54, 1.807) is 54.6 Å². The first-order valence-electron chi connectivity index (χ1n) is 9.49. The average Bonchev–Trinajstić information content (AvgIpc) is 3.23. The van der Waals surface area contributed by atoms with Crippen molar-refractivity contribution in [3.05, 3.63) is 101 Å². The molecule has 0 amide bonds. The number of alkyl halides is 3. The van der Waals surface area contributed by atoms with Gasteiger partial charge in [-0.1, -0.05) is 48.0 Å². The minimum absolute atomic E-state index is 0.141. The standard InChI is InChI=1S/C24H15ClF3N3O/c25-21-6-1-2-7-22(21)31-19(13-23(30-31)24(26,27)28)15-32-20-10-8-17(9-11-20)18-5-3-4-16(12-18)14-29/h1-13H,15H2. The lowest BCUT2D eigenvalue weighted by Gasteiger charge is -2.11. The zero-order valence-corrected chi connectivity index (χ0v) is 17.2. The van der Waals surface area contributed by atoms with Gasteiger partial charge in [-0.25, -0.2) is 4.68 Å². The highest BCUT2D eigenvalue weighted by molar-refractivity contribution is 6.32. The van der Waals surface area contributed by atoms with Crippen LogP contribution in [0.15, 0.2) is 78.9 Å². The third kappa shape index (κ3) is 4.61. The number of para-hydroxylation sites is 1. The van der Waals surface area contributed by atoms with E-state index >= 15 is 0 Å². The lowest BCUT2D eigenvalue weighted by Crippen LogP contribution is -2.08. The van der Waals surface area contributed by atoms with Crippen LogP contribution < -0.4 is 4.74 Å². The summed E-state index contributed by atoms with van der Waals surface area (Å²) in [6.07, 6.45) is -4.60. The van der Waals surface area contributed by atoms with E-state index in [9.17, 15) is 13.2 Å². The third-order valence-corrected chi connectivity index (χ3v) is 5.04. The van der Waals surface area contributed by atoms with Gasteiger partial charge in [-0.2, -0.15) is 23.5 Å². The minimum atomic E-state index is -4.60. The molecular weight excluding hydrogens is 439 g/mol. The van der Waals surface area contributed by atoms with Crippen LogP contribution in [0, 0.1) is 11.3 Å². The summed E-state index contributed by atoms with van der Waals surface area (Å²) in [4.78, 5) is 0. The number of nitrogens with zero attached hydrogens (tertiary/aromatic N) is 3. The van der Waals surface area contributed by atoms with Crippen molar-refractivity contribution >= 4 is 11.6 Å². The van der Waals surface area contributed by atoms with Crippen molar-refractivity contribution in [3.63, 3.8) is 0 Å². The molecule has 160 valence electrons. The Balaban J connectivity index is 1.58. The van der Waals surface area contributed by atoms with E-state index in [-0.39, 0.29) is 17.3 Å². The van der Waals surface area contributed by atoms with E-state index in [4.69, 9.17) is 21.6 Å². The quantitative estimate of drug-likeness (QED) is 0.339. The van der Waals surface area contributed by atoms with Crippen LogP contribution in [0.3, 0.4) is 0 Å². The summed E-state index contributed by atoms with van der Waals surface area (Å²) in [5.74, 6) is 0.477. The molecule has 0 atom stereocenters. The molecule has 1 heterocycles. The van der Waals surface area contributed by atoms with Gasteiger partial charge < -0.3 is 4.74 Å². The summed E-state index contributed by atoms with van der Waals surface area (Å²) in [7, 11) is 0. The molecule has 4 rings (SSSR count). The SMILES string of the molecule is N#Cc1cccc(-c2ccc(OCc3cc(C(F)(F)F)nn3-c3ccccc3Cl)cc2)c1. The van der Waals surface area contributed by atoms with Crippen LogP contribution in [0.4, 0.5) is 13.2 Å². The van der Waals surface area contributed by atoms with Crippen molar-refractivity contribution < 1.29 is 17.9 Å². The van der Waals surface area contributed by atoms with Crippen LogP contribution >= 0.6 is 11.6 Å². The predicted octanol–water partition coefficient (Wildman–Crippen LogP) is 6.66. The molecule has 0 fully saturated rings. The molecule has 0 bridgehead atoms. The van der Waals surface area contributed by atoms with Crippen LogP contribution in [0.2, 0.25) is 5.02 Å². The molecule has 0 saturated heterocycles. The first-order valence-corrected chi connectivity index (χ1v) is 9.87. The second kappa shape index (κ2) is 8.77. The van der Waals surface area contributed by atoms with E-state index in [0.717, 1.165) is 21.9 Å². The normalized spacial score (nSPS) is 11.2. The maximum Gasteiger partial charge on any atom is 0.435 e. The van der Waals surface area contributed by atoms with E-state index in [1.807, 2.05) is 18.2 Å². The van der Waals surface area contributed by atoms with E-state index in [1.165, 1.54) is 0 Å². The van der Waals surface area contributed by atoms with Gasteiger partial charge in [-0.05, 0) is 53.6 Å². The Labute approximate surface area is 187 Å². The number of benzene rings is 3. The van der Waals surface area contributed by atoms with Gasteiger partial charge in [-0.15, -0.1) is 0 Å². The maximum absolute atomic E-state index is 13.3. The van der Waals surface area contributed by atoms with E-state index < -0.39 is 11.9 Å². The molecule has 0 spiro atoms. The third-order valence-electron chi connectivity index (χ3n) is 4.72. The number of halogens is 4. The van der Waals surface area contributed by atoms with Gasteiger partial charge >= 0.3 is 6.18 Å². The van der Waals surface area contributed by atoms with Crippen molar-refractivity contribution in [2.75, 3.05) is 0 Å². The topological polar surface area (TPSA) is 50.8 Å². The van der Waals surface area contributed by atoms with Gasteiger partial charge in [0.25, 0.3) is 0 Å². The highest BCUT2D eigenvalue weighted by atomic mass is 35.5. The predicted molar refractivity (Wildman–Crippen MR) is 115 cm³/mol. The molecule has 32 heavy (non-hydrogen) atoms. The molecular formula is C24H15ClF3N3O.